The maximum Gasteiger partial charge on any atom is 0.237 e. The van der Waals surface area contributed by atoms with E-state index in [0.29, 0.717) is 6.54 Å². The molecule has 0 fully saturated rings. The third-order valence-electron chi connectivity index (χ3n) is 1.86. The highest BCUT2D eigenvalue weighted by atomic mass is 16.2. The molecule has 0 rings (SSSR count). The maximum atomic E-state index is 11.4. The van der Waals surface area contributed by atoms with E-state index in [4.69, 9.17) is 5.73 Å². The third-order valence-corrected chi connectivity index (χ3v) is 1.86. The van der Waals surface area contributed by atoms with Gasteiger partial charge in [0.25, 0.3) is 0 Å². The molecule has 0 aliphatic carbocycles. The van der Waals surface area contributed by atoms with E-state index >= 15 is 0 Å². The number of carbonyl (C=O) groups excluding carboxylic acids is 1. The minimum absolute atomic E-state index is 0.0886. The molecule has 0 heterocycles. The van der Waals surface area contributed by atoms with Gasteiger partial charge in [-0.15, -0.1) is 6.58 Å². The minimum atomic E-state index is -0.447. The molecule has 0 aliphatic rings. The van der Waals surface area contributed by atoms with Gasteiger partial charge in [-0.25, -0.2) is 0 Å². The Labute approximate surface area is 80.4 Å². The molecule has 3 heteroatoms. The summed E-state index contributed by atoms with van der Waals surface area (Å²) >= 11 is 0. The number of hydrogen-bond donors (Lipinski definition) is 2. The molecule has 1 atom stereocenters. The van der Waals surface area contributed by atoms with Crippen LogP contribution in [0.25, 0.3) is 0 Å². The summed E-state index contributed by atoms with van der Waals surface area (Å²) in [7, 11) is 0. The fraction of sp³-hybridized carbons (Fsp3) is 0.700. The molecule has 0 unspecified atom stereocenters. The molecular weight excluding hydrogens is 164 g/mol. The Balaban J connectivity index is 3.90. The van der Waals surface area contributed by atoms with Crippen LogP contribution >= 0.6 is 0 Å². The van der Waals surface area contributed by atoms with Crippen molar-refractivity contribution in [3.05, 3.63) is 12.7 Å². The molecule has 3 nitrogen and oxygen atoms in total. The van der Waals surface area contributed by atoms with Crippen LogP contribution in [0.3, 0.4) is 0 Å². The number of rotatable bonds is 4. The molecule has 3 N–H and O–H groups in total. The number of nitrogens with two attached hydrogens (primary N) is 1. The van der Waals surface area contributed by atoms with Gasteiger partial charge in [0.05, 0.1) is 6.04 Å². The summed E-state index contributed by atoms with van der Waals surface area (Å²) in [5.41, 5.74) is 5.56. The summed E-state index contributed by atoms with van der Waals surface area (Å²) in [5.74, 6) is -0.0886. The molecule has 76 valence electrons. The van der Waals surface area contributed by atoms with E-state index in [-0.39, 0.29) is 11.3 Å². The summed E-state index contributed by atoms with van der Waals surface area (Å²) in [6.07, 6.45) is 2.55. The zero-order valence-electron chi connectivity index (χ0n) is 8.76. The average molecular weight is 184 g/mol. The monoisotopic (exact) mass is 184 g/mol. The first-order valence-corrected chi connectivity index (χ1v) is 4.53. The van der Waals surface area contributed by atoms with E-state index in [1.807, 2.05) is 20.8 Å². The second kappa shape index (κ2) is 5.02. The van der Waals surface area contributed by atoms with Gasteiger partial charge in [0.2, 0.25) is 5.91 Å². The summed E-state index contributed by atoms with van der Waals surface area (Å²) < 4.78 is 0. The van der Waals surface area contributed by atoms with Crippen LogP contribution in [0.5, 0.6) is 0 Å². The van der Waals surface area contributed by atoms with Crippen molar-refractivity contribution in [3.8, 4) is 0 Å². The highest BCUT2D eigenvalue weighted by molar-refractivity contribution is 5.82. The second-order valence-corrected chi connectivity index (χ2v) is 4.21. The number of amides is 1. The average Bonchev–Trinajstić information content (AvgIpc) is 2.01. The van der Waals surface area contributed by atoms with Gasteiger partial charge in [-0.2, -0.15) is 0 Å². The van der Waals surface area contributed by atoms with Crippen molar-refractivity contribution < 1.29 is 4.79 Å². The summed E-state index contributed by atoms with van der Waals surface area (Å²) in [4.78, 5) is 11.4. The molecule has 0 aromatic heterocycles. The van der Waals surface area contributed by atoms with E-state index in [2.05, 4.69) is 11.9 Å². The van der Waals surface area contributed by atoms with Gasteiger partial charge < -0.3 is 11.1 Å². The molecule has 0 saturated carbocycles. The molecule has 1 amide bonds. The summed E-state index contributed by atoms with van der Waals surface area (Å²) in [5, 5.41) is 2.75. The van der Waals surface area contributed by atoms with Crippen molar-refractivity contribution in [3.63, 3.8) is 0 Å². The minimum Gasteiger partial charge on any atom is -0.354 e. The Hall–Kier alpha value is -0.830. The van der Waals surface area contributed by atoms with E-state index in [9.17, 15) is 4.79 Å². The van der Waals surface area contributed by atoms with Gasteiger partial charge in [-0.05, 0) is 11.8 Å². The van der Waals surface area contributed by atoms with Crippen LogP contribution in [0.1, 0.15) is 27.2 Å². The Morgan fingerprint density at radius 1 is 1.62 bits per heavy atom. The van der Waals surface area contributed by atoms with Crippen molar-refractivity contribution in [2.45, 2.75) is 33.2 Å². The van der Waals surface area contributed by atoms with Crippen LogP contribution in [-0.4, -0.2) is 18.5 Å². The Morgan fingerprint density at radius 2 is 2.15 bits per heavy atom. The fourth-order valence-corrected chi connectivity index (χ4v) is 0.801. The number of hydrogen-bond acceptors (Lipinski definition) is 2. The summed E-state index contributed by atoms with van der Waals surface area (Å²) in [6.45, 7) is 10.0. The zero-order valence-corrected chi connectivity index (χ0v) is 8.76. The Kier molecular flexibility index (Phi) is 4.70. The van der Waals surface area contributed by atoms with E-state index in [1.165, 1.54) is 0 Å². The van der Waals surface area contributed by atoms with Crippen LogP contribution < -0.4 is 11.1 Å². The predicted molar refractivity (Wildman–Crippen MR) is 55.3 cm³/mol. The first kappa shape index (κ1) is 12.2. The lowest BCUT2D eigenvalue weighted by molar-refractivity contribution is -0.124. The number of nitrogens with one attached hydrogen (secondary N) is 1. The van der Waals surface area contributed by atoms with Crippen LogP contribution in [0, 0.1) is 5.41 Å². The maximum absolute atomic E-state index is 11.4. The van der Waals surface area contributed by atoms with Crippen LogP contribution in [-0.2, 0) is 4.79 Å². The predicted octanol–water partition coefficient (Wildman–Crippen LogP) is 1.05. The lowest BCUT2D eigenvalue weighted by Crippen LogP contribution is -2.48. The lowest BCUT2D eigenvalue weighted by Gasteiger charge is -2.25. The molecule has 0 saturated heterocycles. The standard InChI is InChI=1S/C10H20N2O/c1-5-6-7-12-9(13)8(11)10(2,3)4/h5,8H,1,6-7,11H2,2-4H3,(H,12,13)/t8-/m0/s1. The fourth-order valence-electron chi connectivity index (χ4n) is 0.801. The Morgan fingerprint density at radius 3 is 2.54 bits per heavy atom. The Bertz CT molecular complexity index is 182. The van der Waals surface area contributed by atoms with E-state index in [0.717, 1.165) is 6.42 Å². The molecule has 0 aromatic carbocycles. The van der Waals surface area contributed by atoms with E-state index in [1.54, 1.807) is 6.08 Å². The van der Waals surface area contributed by atoms with Crippen LogP contribution in [0.15, 0.2) is 12.7 Å². The van der Waals surface area contributed by atoms with Gasteiger partial charge in [-0.3, -0.25) is 4.79 Å². The first-order valence-electron chi connectivity index (χ1n) is 4.53. The lowest BCUT2D eigenvalue weighted by atomic mass is 9.87. The molecule has 13 heavy (non-hydrogen) atoms. The smallest absolute Gasteiger partial charge is 0.237 e. The van der Waals surface area contributed by atoms with Gasteiger partial charge in [0.1, 0.15) is 0 Å². The topological polar surface area (TPSA) is 55.1 Å². The highest BCUT2D eigenvalue weighted by Gasteiger charge is 2.26. The van der Waals surface area contributed by atoms with Crippen molar-refractivity contribution in [2.24, 2.45) is 11.1 Å². The van der Waals surface area contributed by atoms with Crippen LogP contribution in [0.4, 0.5) is 0 Å². The molecule has 0 spiro atoms. The SMILES string of the molecule is C=CCCNC(=O)[C@H](N)C(C)(C)C. The molecule has 0 radical (unpaired) electrons. The largest absolute Gasteiger partial charge is 0.354 e. The van der Waals surface area contributed by atoms with Crippen LogP contribution in [0.2, 0.25) is 0 Å². The molecular formula is C10H20N2O. The van der Waals surface area contributed by atoms with Gasteiger partial charge in [0, 0.05) is 6.54 Å². The molecule has 0 bridgehead atoms. The van der Waals surface area contributed by atoms with Gasteiger partial charge in [-0.1, -0.05) is 26.8 Å². The van der Waals surface area contributed by atoms with Crippen molar-refractivity contribution in [1.82, 2.24) is 5.32 Å². The number of carbonyl (C=O) groups is 1. The molecule has 0 aliphatic heterocycles. The van der Waals surface area contributed by atoms with Gasteiger partial charge in [0.15, 0.2) is 0 Å². The van der Waals surface area contributed by atoms with Crippen molar-refractivity contribution in [1.29, 1.82) is 0 Å². The van der Waals surface area contributed by atoms with Crippen molar-refractivity contribution in [2.75, 3.05) is 6.54 Å². The van der Waals surface area contributed by atoms with Crippen molar-refractivity contribution >= 4 is 5.91 Å². The second-order valence-electron chi connectivity index (χ2n) is 4.21. The summed E-state index contributed by atoms with van der Waals surface area (Å²) in [6, 6.07) is -0.447. The zero-order chi connectivity index (χ0) is 10.5. The molecule has 0 aromatic rings. The quantitative estimate of drug-likeness (QED) is 0.507. The van der Waals surface area contributed by atoms with E-state index < -0.39 is 6.04 Å². The normalized spacial score (nSPS) is 13.5. The highest BCUT2D eigenvalue weighted by Crippen LogP contribution is 2.16. The first-order chi connectivity index (χ1) is 5.89. The van der Waals surface area contributed by atoms with Gasteiger partial charge >= 0.3 is 0 Å². The third kappa shape index (κ3) is 4.68.